The highest BCUT2D eigenvalue weighted by atomic mass is 16.2. The number of carbonyl (C=O) groups is 2. The highest BCUT2D eigenvalue weighted by Gasteiger charge is 2.19. The normalized spacial score (nSPS) is 12.7. The summed E-state index contributed by atoms with van der Waals surface area (Å²) in [5.74, 6) is -0.218. The van der Waals surface area contributed by atoms with E-state index in [0.717, 1.165) is 17.0 Å². The van der Waals surface area contributed by atoms with E-state index in [9.17, 15) is 9.59 Å². The molecule has 1 unspecified atom stereocenters. The van der Waals surface area contributed by atoms with Gasteiger partial charge in [0, 0.05) is 23.8 Å². The second-order valence-electron chi connectivity index (χ2n) is 6.55. The molecule has 0 bridgehead atoms. The van der Waals surface area contributed by atoms with Crippen LogP contribution in [0.3, 0.4) is 0 Å². The molecule has 0 radical (unpaired) electrons. The standard InChI is InChI=1S/C15H27N5O2/c1-9(13-10(2)19-20(7)11(13)3)17-14(22)16-8-12(21)18-15(4,5)6/h9H,8H2,1-7H3,(H,18,21)(H2,16,17,22). The number of nitrogens with one attached hydrogen (secondary N) is 3. The molecule has 0 aliphatic carbocycles. The summed E-state index contributed by atoms with van der Waals surface area (Å²) in [7, 11) is 1.87. The number of nitrogens with zero attached hydrogens (tertiary/aromatic N) is 2. The van der Waals surface area contributed by atoms with Gasteiger partial charge in [-0.2, -0.15) is 5.10 Å². The molecule has 3 N–H and O–H groups in total. The van der Waals surface area contributed by atoms with E-state index >= 15 is 0 Å². The van der Waals surface area contributed by atoms with Crippen molar-refractivity contribution < 1.29 is 9.59 Å². The number of aryl methyl sites for hydroxylation is 2. The van der Waals surface area contributed by atoms with Crippen molar-refractivity contribution >= 4 is 11.9 Å². The lowest BCUT2D eigenvalue weighted by Crippen LogP contribution is -2.47. The molecule has 3 amide bonds. The lowest BCUT2D eigenvalue weighted by atomic mass is 10.1. The molecular weight excluding hydrogens is 282 g/mol. The van der Waals surface area contributed by atoms with Gasteiger partial charge >= 0.3 is 6.03 Å². The van der Waals surface area contributed by atoms with Crippen LogP contribution in [0.1, 0.15) is 50.7 Å². The Morgan fingerprint density at radius 3 is 2.32 bits per heavy atom. The molecule has 0 aliphatic rings. The van der Waals surface area contributed by atoms with Crippen molar-refractivity contribution in [1.82, 2.24) is 25.7 Å². The van der Waals surface area contributed by atoms with Crippen molar-refractivity contribution in [2.75, 3.05) is 6.54 Å². The van der Waals surface area contributed by atoms with Gasteiger partial charge in [0.05, 0.1) is 18.3 Å². The van der Waals surface area contributed by atoms with Crippen LogP contribution in [0.2, 0.25) is 0 Å². The molecular formula is C15H27N5O2. The van der Waals surface area contributed by atoms with E-state index < -0.39 is 0 Å². The summed E-state index contributed by atoms with van der Waals surface area (Å²) in [4.78, 5) is 23.6. The van der Waals surface area contributed by atoms with Gasteiger partial charge in [-0.1, -0.05) is 0 Å². The van der Waals surface area contributed by atoms with E-state index in [1.54, 1.807) is 4.68 Å². The number of urea groups is 1. The van der Waals surface area contributed by atoms with Gasteiger partial charge in [0.25, 0.3) is 0 Å². The highest BCUT2D eigenvalue weighted by molar-refractivity contribution is 5.84. The molecule has 0 saturated heterocycles. The number of rotatable bonds is 4. The third kappa shape index (κ3) is 5.05. The summed E-state index contributed by atoms with van der Waals surface area (Å²) in [5, 5.41) is 12.5. The zero-order valence-electron chi connectivity index (χ0n) is 14.5. The Morgan fingerprint density at radius 2 is 1.86 bits per heavy atom. The van der Waals surface area contributed by atoms with E-state index in [1.807, 2.05) is 48.6 Å². The Balaban J connectivity index is 2.53. The fraction of sp³-hybridized carbons (Fsp3) is 0.667. The molecule has 0 spiro atoms. The molecule has 1 heterocycles. The van der Waals surface area contributed by atoms with Crippen LogP contribution in [0.5, 0.6) is 0 Å². The molecule has 1 rings (SSSR count). The van der Waals surface area contributed by atoms with E-state index in [0.29, 0.717) is 0 Å². The maximum absolute atomic E-state index is 11.9. The maximum atomic E-state index is 11.9. The minimum atomic E-state index is -0.376. The van der Waals surface area contributed by atoms with Crippen molar-refractivity contribution in [3.05, 3.63) is 17.0 Å². The zero-order chi connectivity index (χ0) is 17.1. The topological polar surface area (TPSA) is 88.1 Å². The van der Waals surface area contributed by atoms with Crippen molar-refractivity contribution in [1.29, 1.82) is 0 Å². The highest BCUT2D eigenvalue weighted by Crippen LogP contribution is 2.20. The van der Waals surface area contributed by atoms with Gasteiger partial charge in [-0.05, 0) is 41.5 Å². The van der Waals surface area contributed by atoms with Crippen molar-refractivity contribution in [2.45, 2.75) is 53.1 Å². The van der Waals surface area contributed by atoms with Gasteiger partial charge < -0.3 is 16.0 Å². The molecule has 22 heavy (non-hydrogen) atoms. The van der Waals surface area contributed by atoms with Crippen LogP contribution < -0.4 is 16.0 Å². The molecule has 0 aliphatic heterocycles. The number of hydrogen-bond acceptors (Lipinski definition) is 3. The van der Waals surface area contributed by atoms with E-state index in [4.69, 9.17) is 0 Å². The monoisotopic (exact) mass is 309 g/mol. The SMILES string of the molecule is Cc1nn(C)c(C)c1C(C)NC(=O)NCC(=O)NC(C)(C)C. The second kappa shape index (κ2) is 6.81. The molecule has 1 aromatic rings. The van der Waals surface area contributed by atoms with Gasteiger partial charge in [-0.25, -0.2) is 4.79 Å². The fourth-order valence-corrected chi connectivity index (χ4v) is 2.36. The third-order valence-electron chi connectivity index (χ3n) is 3.27. The molecule has 1 aromatic heterocycles. The second-order valence-corrected chi connectivity index (χ2v) is 6.55. The van der Waals surface area contributed by atoms with E-state index in [1.165, 1.54) is 0 Å². The average molecular weight is 309 g/mol. The Hall–Kier alpha value is -2.05. The van der Waals surface area contributed by atoms with Crippen LogP contribution >= 0.6 is 0 Å². The smallest absolute Gasteiger partial charge is 0.315 e. The molecule has 1 atom stereocenters. The molecule has 0 saturated carbocycles. The van der Waals surface area contributed by atoms with E-state index in [2.05, 4.69) is 21.0 Å². The van der Waals surface area contributed by atoms with Crippen molar-refractivity contribution in [3.63, 3.8) is 0 Å². The van der Waals surface area contributed by atoms with Crippen LogP contribution in [0, 0.1) is 13.8 Å². The molecule has 7 nitrogen and oxygen atoms in total. The van der Waals surface area contributed by atoms with Crippen LogP contribution in [-0.2, 0) is 11.8 Å². The number of aromatic nitrogens is 2. The van der Waals surface area contributed by atoms with Gasteiger partial charge in [0.2, 0.25) is 5.91 Å². The summed E-state index contributed by atoms with van der Waals surface area (Å²) in [6.07, 6.45) is 0. The molecule has 0 fully saturated rings. The Kier molecular flexibility index (Phi) is 5.57. The molecule has 7 heteroatoms. The summed E-state index contributed by atoms with van der Waals surface area (Å²) in [6.45, 7) is 11.4. The summed E-state index contributed by atoms with van der Waals surface area (Å²) in [6, 6.07) is -0.557. The zero-order valence-corrected chi connectivity index (χ0v) is 14.5. The van der Waals surface area contributed by atoms with Gasteiger partial charge in [0.1, 0.15) is 0 Å². The van der Waals surface area contributed by atoms with Crippen LogP contribution in [0.4, 0.5) is 4.79 Å². The fourth-order valence-electron chi connectivity index (χ4n) is 2.36. The number of hydrogen-bond donors (Lipinski definition) is 3. The predicted molar refractivity (Wildman–Crippen MR) is 85.5 cm³/mol. The minimum absolute atomic E-state index is 0.0547. The Morgan fingerprint density at radius 1 is 1.27 bits per heavy atom. The predicted octanol–water partition coefficient (Wildman–Crippen LogP) is 1.31. The van der Waals surface area contributed by atoms with Gasteiger partial charge in [-0.3, -0.25) is 9.48 Å². The number of carbonyl (C=O) groups excluding carboxylic acids is 2. The molecule has 0 aromatic carbocycles. The third-order valence-corrected chi connectivity index (χ3v) is 3.27. The average Bonchev–Trinajstić information content (AvgIpc) is 2.58. The lowest BCUT2D eigenvalue weighted by molar-refractivity contribution is -0.121. The molecule has 124 valence electrons. The Labute approximate surface area is 131 Å². The van der Waals surface area contributed by atoms with Gasteiger partial charge in [0.15, 0.2) is 0 Å². The van der Waals surface area contributed by atoms with E-state index in [-0.39, 0.29) is 30.1 Å². The van der Waals surface area contributed by atoms with Gasteiger partial charge in [-0.15, -0.1) is 0 Å². The quantitative estimate of drug-likeness (QED) is 0.783. The largest absolute Gasteiger partial charge is 0.350 e. The first-order valence-electron chi connectivity index (χ1n) is 7.36. The lowest BCUT2D eigenvalue weighted by Gasteiger charge is -2.21. The first kappa shape index (κ1) is 18.0. The first-order valence-corrected chi connectivity index (χ1v) is 7.36. The summed E-state index contributed by atoms with van der Waals surface area (Å²) < 4.78 is 1.79. The minimum Gasteiger partial charge on any atom is -0.350 e. The summed E-state index contributed by atoms with van der Waals surface area (Å²) >= 11 is 0. The van der Waals surface area contributed by atoms with Crippen LogP contribution in [-0.4, -0.2) is 33.8 Å². The van der Waals surface area contributed by atoms with Crippen molar-refractivity contribution in [2.24, 2.45) is 7.05 Å². The summed E-state index contributed by atoms with van der Waals surface area (Å²) in [5.41, 5.74) is 2.58. The van der Waals surface area contributed by atoms with Crippen LogP contribution in [0.15, 0.2) is 0 Å². The maximum Gasteiger partial charge on any atom is 0.315 e. The van der Waals surface area contributed by atoms with Crippen molar-refractivity contribution in [3.8, 4) is 0 Å². The first-order chi connectivity index (χ1) is 10.0. The number of amides is 3. The van der Waals surface area contributed by atoms with Crippen LogP contribution in [0.25, 0.3) is 0 Å². The Bertz CT molecular complexity index is 557.